The minimum Gasteiger partial charge on any atom is -0.497 e. The van der Waals surface area contributed by atoms with Crippen molar-refractivity contribution in [1.29, 1.82) is 0 Å². The number of nitrogens with zero attached hydrogens (tertiary/aromatic N) is 2. The summed E-state index contributed by atoms with van der Waals surface area (Å²) in [6.07, 6.45) is 8.07. The first-order chi connectivity index (χ1) is 16.4. The molecule has 2 N–H and O–H groups in total. The predicted molar refractivity (Wildman–Crippen MR) is 138 cm³/mol. The van der Waals surface area contributed by atoms with Gasteiger partial charge in [0.25, 0.3) is 0 Å². The summed E-state index contributed by atoms with van der Waals surface area (Å²) < 4.78 is 5.33. The van der Waals surface area contributed by atoms with Crippen molar-refractivity contribution >= 4 is 40.2 Å². The molecule has 8 heteroatoms. The third-order valence-corrected chi connectivity index (χ3v) is 9.29. The largest absolute Gasteiger partial charge is 0.497 e. The van der Waals surface area contributed by atoms with Gasteiger partial charge in [-0.3, -0.25) is 9.78 Å². The van der Waals surface area contributed by atoms with Gasteiger partial charge in [-0.25, -0.2) is 0 Å². The number of carbonyl (C=O) groups is 1. The number of aliphatic hydroxyl groups excluding tert-OH is 1. The van der Waals surface area contributed by atoms with Crippen LogP contribution < -0.4 is 4.74 Å². The first-order valence-corrected chi connectivity index (χ1v) is 13.7. The van der Waals surface area contributed by atoms with E-state index in [1.54, 1.807) is 13.3 Å². The second-order valence-electron chi connectivity index (χ2n) is 9.66. The van der Waals surface area contributed by atoms with E-state index < -0.39 is 17.5 Å². The van der Waals surface area contributed by atoms with Gasteiger partial charge in [0.05, 0.1) is 29.2 Å². The fourth-order valence-corrected chi connectivity index (χ4v) is 7.01. The molecular weight excluding hydrogens is 472 g/mol. The number of halogens is 1. The van der Waals surface area contributed by atoms with E-state index in [1.807, 2.05) is 18.2 Å². The molecule has 0 radical (unpaired) electrons. The van der Waals surface area contributed by atoms with Gasteiger partial charge in [0, 0.05) is 34.7 Å². The normalized spacial score (nSPS) is 20.0. The summed E-state index contributed by atoms with van der Waals surface area (Å²) in [5.74, 6) is 1.03. The van der Waals surface area contributed by atoms with Crippen LogP contribution in [0.25, 0.3) is 10.9 Å². The fraction of sp³-hybridized carbons (Fsp3) is 0.615. The zero-order valence-electron chi connectivity index (χ0n) is 19.8. The average molecular weight is 507 g/mol. The molecule has 6 nitrogen and oxygen atoms in total. The number of hydrogen-bond acceptors (Lipinski definition) is 6. The Kier molecular flexibility index (Phi) is 8.61. The molecule has 2 aliphatic rings. The van der Waals surface area contributed by atoms with Crippen LogP contribution in [0.4, 0.5) is 0 Å². The Morgan fingerprint density at radius 3 is 2.74 bits per heavy atom. The van der Waals surface area contributed by atoms with Crippen molar-refractivity contribution in [2.75, 3.05) is 32.5 Å². The molecule has 1 aliphatic carbocycles. The molecule has 0 unspecified atom stereocenters. The molecule has 1 atom stereocenters. The maximum absolute atomic E-state index is 12.3. The quantitative estimate of drug-likeness (QED) is 0.437. The number of aliphatic carboxylic acids is 1. The van der Waals surface area contributed by atoms with Gasteiger partial charge in [-0.1, -0.05) is 24.4 Å². The van der Waals surface area contributed by atoms with Crippen molar-refractivity contribution in [2.24, 2.45) is 5.41 Å². The number of rotatable bonds is 10. The SMILES string of the molecule is COc1ccc2ncc(Cl)c([C@H](O)CCC3(C(=O)O)CCN(CCSC4CCCC4)CC3)c2c1. The molecule has 0 spiro atoms. The summed E-state index contributed by atoms with van der Waals surface area (Å²) in [4.78, 5) is 19.1. The molecule has 186 valence electrons. The van der Waals surface area contributed by atoms with Crippen LogP contribution in [0.1, 0.15) is 63.0 Å². The van der Waals surface area contributed by atoms with E-state index >= 15 is 0 Å². The number of methoxy groups -OCH3 is 1. The van der Waals surface area contributed by atoms with Crippen LogP contribution >= 0.6 is 23.4 Å². The molecule has 4 rings (SSSR count). The number of aliphatic hydroxyl groups is 1. The summed E-state index contributed by atoms with van der Waals surface area (Å²) in [6.45, 7) is 2.62. The number of carboxylic acids is 1. The highest BCUT2D eigenvalue weighted by molar-refractivity contribution is 7.99. The molecular formula is C26H35ClN2O4S. The van der Waals surface area contributed by atoms with Crippen molar-refractivity contribution in [3.63, 3.8) is 0 Å². The fourth-order valence-electron chi connectivity index (χ4n) is 5.37. The van der Waals surface area contributed by atoms with Crippen LogP contribution in [-0.4, -0.2) is 63.8 Å². The van der Waals surface area contributed by atoms with Gasteiger partial charge in [-0.05, 0) is 69.8 Å². The van der Waals surface area contributed by atoms with Crippen LogP contribution in [-0.2, 0) is 4.79 Å². The molecule has 0 bridgehead atoms. The third kappa shape index (κ3) is 5.81. The van der Waals surface area contributed by atoms with Crippen molar-refractivity contribution in [3.05, 3.63) is 35.0 Å². The van der Waals surface area contributed by atoms with E-state index in [9.17, 15) is 15.0 Å². The van der Waals surface area contributed by atoms with E-state index in [4.69, 9.17) is 16.3 Å². The number of fused-ring (bicyclic) bond motifs is 1. The lowest BCUT2D eigenvalue weighted by molar-refractivity contribution is -0.153. The summed E-state index contributed by atoms with van der Waals surface area (Å²) in [6, 6.07) is 5.47. The van der Waals surface area contributed by atoms with Crippen LogP contribution in [0.5, 0.6) is 5.75 Å². The van der Waals surface area contributed by atoms with E-state index in [0.29, 0.717) is 42.0 Å². The van der Waals surface area contributed by atoms with E-state index in [0.717, 1.165) is 41.5 Å². The summed E-state index contributed by atoms with van der Waals surface area (Å²) >= 11 is 8.52. The number of thioether (sulfide) groups is 1. The maximum Gasteiger partial charge on any atom is 0.309 e. The zero-order chi connectivity index (χ0) is 24.1. The van der Waals surface area contributed by atoms with Gasteiger partial charge in [0.15, 0.2) is 0 Å². The van der Waals surface area contributed by atoms with Crippen LogP contribution in [0, 0.1) is 5.41 Å². The molecule has 2 fully saturated rings. The van der Waals surface area contributed by atoms with Gasteiger partial charge in [0.1, 0.15) is 5.75 Å². The molecule has 1 aromatic heterocycles. The van der Waals surface area contributed by atoms with Gasteiger partial charge in [-0.15, -0.1) is 0 Å². The second kappa shape index (κ2) is 11.5. The van der Waals surface area contributed by atoms with E-state index in [-0.39, 0.29) is 0 Å². The molecule has 1 aromatic carbocycles. The molecule has 34 heavy (non-hydrogen) atoms. The number of piperidine rings is 1. The number of likely N-dealkylation sites (tertiary alicyclic amines) is 1. The third-order valence-electron chi connectivity index (χ3n) is 7.63. The first kappa shape index (κ1) is 25.5. The highest BCUT2D eigenvalue weighted by atomic mass is 35.5. The van der Waals surface area contributed by atoms with Gasteiger partial charge >= 0.3 is 5.97 Å². The lowest BCUT2D eigenvalue weighted by Crippen LogP contribution is -2.45. The monoisotopic (exact) mass is 506 g/mol. The highest BCUT2D eigenvalue weighted by Crippen LogP contribution is 2.41. The Morgan fingerprint density at radius 1 is 1.32 bits per heavy atom. The number of pyridine rings is 1. The topological polar surface area (TPSA) is 82.9 Å². The summed E-state index contributed by atoms with van der Waals surface area (Å²) in [7, 11) is 1.59. The number of hydrogen-bond donors (Lipinski definition) is 2. The van der Waals surface area contributed by atoms with Crippen molar-refractivity contribution < 1.29 is 19.7 Å². The minimum absolute atomic E-state index is 0.333. The van der Waals surface area contributed by atoms with Gasteiger partial charge in [0.2, 0.25) is 0 Å². The van der Waals surface area contributed by atoms with Gasteiger partial charge < -0.3 is 19.8 Å². The Hall–Kier alpha value is -1.54. The van der Waals surface area contributed by atoms with Crippen molar-refractivity contribution in [3.8, 4) is 5.75 Å². The average Bonchev–Trinajstić information content (AvgIpc) is 3.36. The molecule has 2 heterocycles. The molecule has 2 aromatic rings. The molecule has 0 amide bonds. The van der Waals surface area contributed by atoms with Gasteiger partial charge in [-0.2, -0.15) is 11.8 Å². The molecule has 1 saturated carbocycles. The smallest absolute Gasteiger partial charge is 0.309 e. The molecule has 1 saturated heterocycles. The molecule has 1 aliphatic heterocycles. The Balaban J connectivity index is 1.37. The lowest BCUT2D eigenvalue weighted by atomic mass is 9.74. The van der Waals surface area contributed by atoms with Crippen LogP contribution in [0.3, 0.4) is 0 Å². The maximum atomic E-state index is 12.3. The number of carboxylic acid groups (broad SMARTS) is 1. The van der Waals surface area contributed by atoms with Crippen molar-refractivity contribution in [1.82, 2.24) is 9.88 Å². The summed E-state index contributed by atoms with van der Waals surface area (Å²) in [5.41, 5.74) is 0.506. The Morgan fingerprint density at radius 2 is 2.06 bits per heavy atom. The number of benzene rings is 1. The lowest BCUT2D eigenvalue weighted by Gasteiger charge is -2.39. The second-order valence-corrected chi connectivity index (χ2v) is 11.5. The highest BCUT2D eigenvalue weighted by Gasteiger charge is 2.41. The van der Waals surface area contributed by atoms with Crippen LogP contribution in [0.2, 0.25) is 5.02 Å². The van der Waals surface area contributed by atoms with Crippen LogP contribution in [0.15, 0.2) is 24.4 Å². The van der Waals surface area contributed by atoms with Crippen molar-refractivity contribution in [2.45, 2.75) is 62.7 Å². The zero-order valence-corrected chi connectivity index (χ0v) is 21.4. The standard InChI is InChI=1S/C26H35ClN2O4S/c1-33-18-6-7-22-20(16-18)24(21(27)17-28-22)23(30)8-9-26(25(31)32)10-12-29(13-11-26)14-15-34-19-4-2-3-5-19/h6-7,16-17,19,23,30H,2-5,8-15H2,1H3,(H,31,32)/t23-/m1/s1. The Labute approximate surface area is 211 Å². The Bertz CT molecular complexity index is 990. The predicted octanol–water partition coefficient (Wildman–Crippen LogP) is 5.55. The van der Waals surface area contributed by atoms with E-state index in [1.165, 1.54) is 25.7 Å². The summed E-state index contributed by atoms with van der Waals surface area (Å²) in [5, 5.41) is 23.2. The first-order valence-electron chi connectivity index (χ1n) is 12.3. The minimum atomic E-state index is -0.873. The number of ether oxygens (including phenoxy) is 1. The number of aromatic nitrogens is 1. The van der Waals surface area contributed by atoms with E-state index in [2.05, 4.69) is 21.6 Å².